The number of fused-ring (bicyclic) bond motifs is 1. The highest BCUT2D eigenvalue weighted by Crippen LogP contribution is 2.19. The van der Waals surface area contributed by atoms with Crippen molar-refractivity contribution in [2.24, 2.45) is 0 Å². The molecule has 0 saturated heterocycles. The summed E-state index contributed by atoms with van der Waals surface area (Å²) in [5.74, 6) is -0.133. The molecule has 1 aromatic heterocycles. The van der Waals surface area contributed by atoms with Crippen molar-refractivity contribution < 1.29 is 19.1 Å². The van der Waals surface area contributed by atoms with Crippen LogP contribution in [0.1, 0.15) is 5.56 Å². The summed E-state index contributed by atoms with van der Waals surface area (Å²) in [6.45, 7) is 0. The SMILES string of the molecule is COC(=O)[C@@H](Cc1c[nH]c2ccccc12)NC(=O)Oc1ccccc1. The third-order valence-corrected chi connectivity index (χ3v) is 3.83. The van der Waals surface area contributed by atoms with Gasteiger partial charge in [0, 0.05) is 23.5 Å². The van der Waals surface area contributed by atoms with E-state index in [-0.39, 0.29) is 0 Å². The maximum absolute atomic E-state index is 12.1. The lowest BCUT2D eigenvalue weighted by molar-refractivity contribution is -0.142. The summed E-state index contributed by atoms with van der Waals surface area (Å²) in [7, 11) is 1.29. The lowest BCUT2D eigenvalue weighted by Gasteiger charge is -2.16. The summed E-state index contributed by atoms with van der Waals surface area (Å²) in [5, 5.41) is 3.56. The van der Waals surface area contributed by atoms with Gasteiger partial charge in [0.05, 0.1) is 7.11 Å². The van der Waals surface area contributed by atoms with Gasteiger partial charge in [0.25, 0.3) is 0 Å². The number of carbonyl (C=O) groups is 2. The zero-order valence-electron chi connectivity index (χ0n) is 13.7. The Kier molecular flexibility index (Phi) is 4.99. The molecule has 128 valence electrons. The molecule has 0 fully saturated rings. The molecule has 1 atom stereocenters. The monoisotopic (exact) mass is 338 g/mol. The van der Waals surface area contributed by atoms with Crippen molar-refractivity contribution in [3.63, 3.8) is 0 Å². The molecular weight excluding hydrogens is 320 g/mol. The first-order chi connectivity index (χ1) is 12.2. The summed E-state index contributed by atoms with van der Waals surface area (Å²) < 4.78 is 9.99. The van der Waals surface area contributed by atoms with Crippen LogP contribution in [0.3, 0.4) is 0 Å². The number of para-hydroxylation sites is 2. The zero-order valence-corrected chi connectivity index (χ0v) is 13.7. The molecule has 2 N–H and O–H groups in total. The molecular formula is C19H18N2O4. The minimum absolute atomic E-state index is 0.292. The molecule has 3 aromatic rings. The molecule has 1 amide bonds. The third-order valence-electron chi connectivity index (χ3n) is 3.83. The van der Waals surface area contributed by atoms with Gasteiger partial charge in [-0.1, -0.05) is 36.4 Å². The molecule has 6 heteroatoms. The quantitative estimate of drug-likeness (QED) is 0.701. The van der Waals surface area contributed by atoms with Crippen molar-refractivity contribution in [2.75, 3.05) is 7.11 Å². The molecule has 0 radical (unpaired) electrons. The van der Waals surface area contributed by atoms with Gasteiger partial charge in [-0.3, -0.25) is 0 Å². The van der Waals surface area contributed by atoms with Crippen molar-refractivity contribution >= 4 is 23.0 Å². The van der Waals surface area contributed by atoms with Crippen LogP contribution in [0.25, 0.3) is 10.9 Å². The molecule has 6 nitrogen and oxygen atoms in total. The van der Waals surface area contributed by atoms with Crippen LogP contribution in [0, 0.1) is 0 Å². The van der Waals surface area contributed by atoms with Gasteiger partial charge >= 0.3 is 12.1 Å². The predicted molar refractivity (Wildman–Crippen MR) is 93.4 cm³/mol. The summed E-state index contributed by atoms with van der Waals surface area (Å²) in [6, 6.07) is 15.6. The smallest absolute Gasteiger partial charge is 0.413 e. The molecule has 3 rings (SSSR count). The average molecular weight is 338 g/mol. The van der Waals surface area contributed by atoms with E-state index in [0.717, 1.165) is 16.5 Å². The molecule has 0 unspecified atom stereocenters. The van der Waals surface area contributed by atoms with E-state index in [4.69, 9.17) is 9.47 Å². The van der Waals surface area contributed by atoms with Crippen molar-refractivity contribution in [2.45, 2.75) is 12.5 Å². The Hall–Kier alpha value is -3.28. The van der Waals surface area contributed by atoms with E-state index < -0.39 is 18.1 Å². The fourth-order valence-corrected chi connectivity index (χ4v) is 2.62. The second-order valence-electron chi connectivity index (χ2n) is 5.49. The van der Waals surface area contributed by atoms with Crippen LogP contribution in [-0.4, -0.2) is 30.2 Å². The number of rotatable bonds is 5. The van der Waals surface area contributed by atoms with E-state index in [1.54, 1.807) is 24.3 Å². The van der Waals surface area contributed by atoms with Gasteiger partial charge in [-0.2, -0.15) is 0 Å². The highest BCUT2D eigenvalue weighted by molar-refractivity contribution is 5.86. The van der Waals surface area contributed by atoms with E-state index in [2.05, 4.69) is 10.3 Å². The number of benzene rings is 2. The average Bonchev–Trinajstić information content (AvgIpc) is 3.04. The Labute approximate surface area is 144 Å². The van der Waals surface area contributed by atoms with E-state index in [0.29, 0.717) is 12.2 Å². The van der Waals surface area contributed by atoms with E-state index >= 15 is 0 Å². The van der Waals surface area contributed by atoms with Crippen molar-refractivity contribution in [1.29, 1.82) is 0 Å². The second kappa shape index (κ2) is 7.53. The number of methoxy groups -OCH3 is 1. The van der Waals surface area contributed by atoms with Crippen molar-refractivity contribution in [3.05, 3.63) is 66.4 Å². The Balaban J connectivity index is 1.73. The maximum atomic E-state index is 12.1. The number of amides is 1. The van der Waals surface area contributed by atoms with Crippen LogP contribution in [0.5, 0.6) is 5.75 Å². The summed E-state index contributed by atoms with van der Waals surface area (Å²) in [5.41, 5.74) is 1.87. The number of esters is 1. The van der Waals surface area contributed by atoms with Gasteiger partial charge < -0.3 is 19.8 Å². The first-order valence-electron chi connectivity index (χ1n) is 7.83. The highest BCUT2D eigenvalue weighted by atomic mass is 16.6. The van der Waals surface area contributed by atoms with Crippen LogP contribution >= 0.6 is 0 Å². The zero-order chi connectivity index (χ0) is 17.6. The van der Waals surface area contributed by atoms with Crippen LogP contribution < -0.4 is 10.1 Å². The topological polar surface area (TPSA) is 80.4 Å². The van der Waals surface area contributed by atoms with E-state index in [1.807, 2.05) is 36.5 Å². The van der Waals surface area contributed by atoms with Crippen LogP contribution in [0.2, 0.25) is 0 Å². The molecule has 0 bridgehead atoms. The number of carbonyl (C=O) groups excluding carboxylic acids is 2. The Morgan fingerprint density at radius 2 is 1.80 bits per heavy atom. The maximum Gasteiger partial charge on any atom is 0.413 e. The largest absolute Gasteiger partial charge is 0.467 e. The number of hydrogen-bond donors (Lipinski definition) is 2. The molecule has 25 heavy (non-hydrogen) atoms. The first kappa shape index (κ1) is 16.6. The minimum Gasteiger partial charge on any atom is -0.467 e. The van der Waals surface area contributed by atoms with Gasteiger partial charge in [-0.15, -0.1) is 0 Å². The lowest BCUT2D eigenvalue weighted by atomic mass is 10.1. The first-order valence-corrected chi connectivity index (χ1v) is 7.83. The summed E-state index contributed by atoms with van der Waals surface area (Å²) in [4.78, 5) is 27.3. The Morgan fingerprint density at radius 3 is 2.56 bits per heavy atom. The van der Waals surface area contributed by atoms with Crippen LogP contribution in [0.4, 0.5) is 4.79 Å². The van der Waals surface area contributed by atoms with Gasteiger partial charge in [-0.25, -0.2) is 9.59 Å². The number of aromatic nitrogens is 1. The molecule has 0 aliphatic heterocycles. The van der Waals surface area contributed by atoms with Gasteiger partial charge in [0.2, 0.25) is 0 Å². The third kappa shape index (κ3) is 3.98. The van der Waals surface area contributed by atoms with Crippen LogP contribution in [-0.2, 0) is 16.0 Å². The molecule has 0 aliphatic rings. The standard InChI is InChI=1S/C19H18N2O4/c1-24-18(22)17(21-19(23)25-14-7-3-2-4-8-14)11-13-12-20-16-10-6-5-9-15(13)16/h2-10,12,17,20H,11H2,1H3,(H,21,23)/t17-/m1/s1. The number of H-pyrrole nitrogens is 1. The Morgan fingerprint density at radius 1 is 1.08 bits per heavy atom. The fourth-order valence-electron chi connectivity index (χ4n) is 2.62. The summed E-state index contributed by atoms with van der Waals surface area (Å²) >= 11 is 0. The molecule has 0 saturated carbocycles. The number of aromatic amines is 1. The minimum atomic E-state index is -0.847. The summed E-state index contributed by atoms with van der Waals surface area (Å²) in [6.07, 6.45) is 1.41. The predicted octanol–water partition coefficient (Wildman–Crippen LogP) is 3.04. The van der Waals surface area contributed by atoms with Gasteiger partial charge in [-0.05, 0) is 23.8 Å². The number of ether oxygens (including phenoxy) is 2. The molecule has 0 aliphatic carbocycles. The molecule has 0 spiro atoms. The van der Waals surface area contributed by atoms with Gasteiger partial charge in [0.15, 0.2) is 0 Å². The highest BCUT2D eigenvalue weighted by Gasteiger charge is 2.24. The fraction of sp³-hybridized carbons (Fsp3) is 0.158. The van der Waals surface area contributed by atoms with Crippen molar-refractivity contribution in [3.8, 4) is 5.75 Å². The van der Waals surface area contributed by atoms with Crippen molar-refractivity contribution in [1.82, 2.24) is 10.3 Å². The second-order valence-corrected chi connectivity index (χ2v) is 5.49. The Bertz CT molecular complexity index is 873. The molecule has 2 aromatic carbocycles. The van der Waals surface area contributed by atoms with Crippen LogP contribution in [0.15, 0.2) is 60.8 Å². The van der Waals surface area contributed by atoms with E-state index in [1.165, 1.54) is 7.11 Å². The molecule has 1 heterocycles. The number of hydrogen-bond acceptors (Lipinski definition) is 4. The number of nitrogens with one attached hydrogen (secondary N) is 2. The lowest BCUT2D eigenvalue weighted by Crippen LogP contribution is -2.44. The van der Waals surface area contributed by atoms with Gasteiger partial charge in [0.1, 0.15) is 11.8 Å². The van der Waals surface area contributed by atoms with E-state index in [9.17, 15) is 9.59 Å². The normalized spacial score (nSPS) is 11.7.